The minimum atomic E-state index is -0.425. The van der Waals surface area contributed by atoms with Gasteiger partial charge in [0.15, 0.2) is 5.11 Å². The van der Waals surface area contributed by atoms with Crippen LogP contribution in [0.15, 0.2) is 36.4 Å². The third-order valence-corrected chi connectivity index (χ3v) is 4.26. The van der Waals surface area contributed by atoms with E-state index in [0.717, 1.165) is 5.56 Å². The predicted octanol–water partition coefficient (Wildman–Crippen LogP) is 2.03. The fourth-order valence-corrected chi connectivity index (χ4v) is 2.57. The van der Waals surface area contributed by atoms with E-state index in [-0.39, 0.29) is 17.3 Å². The summed E-state index contributed by atoms with van der Waals surface area (Å²) in [5.41, 5.74) is 1.63. The maximum absolute atomic E-state index is 12.4. The Morgan fingerprint density at radius 2 is 1.92 bits per heavy atom. The lowest BCUT2D eigenvalue weighted by atomic mass is 10.0. The number of hydrogen-bond donors (Lipinski definition) is 0. The summed E-state index contributed by atoms with van der Waals surface area (Å²) in [7, 11) is 3.09. The zero-order valence-electron chi connectivity index (χ0n) is 14.1. The van der Waals surface area contributed by atoms with Crippen molar-refractivity contribution in [2.24, 2.45) is 0 Å². The molecule has 0 spiro atoms. The van der Waals surface area contributed by atoms with Gasteiger partial charge in [0, 0.05) is 14.1 Å². The first-order valence-electron chi connectivity index (χ1n) is 7.52. The smallest absolute Gasteiger partial charge is 0.265 e. The van der Waals surface area contributed by atoms with Gasteiger partial charge in [-0.05, 0) is 48.0 Å². The fraction of sp³-hybridized carbons (Fsp3) is 0.211. The second-order valence-corrected chi connectivity index (χ2v) is 5.79. The molecule has 0 radical (unpaired) electrons. The molecule has 1 aliphatic rings. The van der Waals surface area contributed by atoms with E-state index in [1.807, 2.05) is 6.07 Å². The number of hydrogen-bond acceptors (Lipinski definition) is 4. The lowest BCUT2D eigenvalue weighted by Crippen LogP contribution is -2.52. The zero-order valence-corrected chi connectivity index (χ0v) is 14.9. The number of carbonyl (C=O) groups excluding carboxylic acids is 2. The van der Waals surface area contributed by atoms with Crippen molar-refractivity contribution in [2.75, 3.05) is 20.7 Å². The number of carbonyl (C=O) groups is 2. The molecule has 2 amide bonds. The van der Waals surface area contributed by atoms with Crippen LogP contribution in [-0.4, -0.2) is 47.4 Å². The van der Waals surface area contributed by atoms with Gasteiger partial charge in [-0.1, -0.05) is 18.1 Å². The van der Waals surface area contributed by atoms with Crippen LogP contribution in [0.1, 0.15) is 11.1 Å². The molecule has 0 unspecified atom stereocenters. The number of likely N-dealkylation sites (N-methyl/N-ethyl adjacent to an activating group) is 2. The Bertz CT molecular complexity index is 794. The Balaban J connectivity index is 2.42. The average molecular weight is 354 g/mol. The first-order chi connectivity index (χ1) is 11.9. The topological polar surface area (TPSA) is 49.9 Å². The van der Waals surface area contributed by atoms with E-state index < -0.39 is 11.8 Å². The summed E-state index contributed by atoms with van der Waals surface area (Å²) < 4.78 is 5.50. The van der Waals surface area contributed by atoms with Gasteiger partial charge in [0.25, 0.3) is 11.8 Å². The van der Waals surface area contributed by atoms with Crippen molar-refractivity contribution in [1.82, 2.24) is 9.80 Å². The minimum absolute atomic E-state index is 0.0560. The van der Waals surface area contributed by atoms with Gasteiger partial charge in [-0.2, -0.15) is 0 Å². The van der Waals surface area contributed by atoms with Crippen LogP contribution in [0.2, 0.25) is 0 Å². The number of terminal acetylenes is 1. The van der Waals surface area contributed by atoms with Gasteiger partial charge in [0.1, 0.15) is 17.9 Å². The Morgan fingerprint density at radius 1 is 1.28 bits per heavy atom. The van der Waals surface area contributed by atoms with Gasteiger partial charge in [-0.15, -0.1) is 13.0 Å². The van der Waals surface area contributed by atoms with Crippen LogP contribution >= 0.6 is 12.2 Å². The lowest BCUT2D eigenvalue weighted by molar-refractivity contribution is -0.132. The van der Waals surface area contributed by atoms with E-state index in [0.29, 0.717) is 17.7 Å². The van der Waals surface area contributed by atoms with Crippen molar-refractivity contribution in [3.63, 3.8) is 0 Å². The van der Waals surface area contributed by atoms with Crippen LogP contribution in [0, 0.1) is 12.3 Å². The third-order valence-electron chi connectivity index (χ3n) is 3.71. The van der Waals surface area contributed by atoms with Crippen molar-refractivity contribution in [1.29, 1.82) is 0 Å². The molecule has 6 heteroatoms. The van der Waals surface area contributed by atoms with E-state index in [4.69, 9.17) is 23.4 Å². The van der Waals surface area contributed by atoms with Crippen molar-refractivity contribution in [3.8, 4) is 18.1 Å². The van der Waals surface area contributed by atoms with E-state index in [1.54, 1.807) is 38.4 Å². The Morgan fingerprint density at radius 3 is 2.48 bits per heavy atom. The normalized spacial score (nSPS) is 14.4. The summed E-state index contributed by atoms with van der Waals surface area (Å²) in [6.45, 7) is 3.89. The van der Waals surface area contributed by atoms with Crippen LogP contribution in [0.5, 0.6) is 5.75 Å². The quantitative estimate of drug-likeness (QED) is 0.267. The first kappa shape index (κ1) is 18.4. The van der Waals surface area contributed by atoms with Crippen molar-refractivity contribution < 1.29 is 14.3 Å². The first-order valence-corrected chi connectivity index (χ1v) is 7.93. The second-order valence-electron chi connectivity index (χ2n) is 5.42. The maximum Gasteiger partial charge on any atom is 0.265 e. The minimum Gasteiger partial charge on any atom is -0.481 e. The summed E-state index contributed by atoms with van der Waals surface area (Å²) in [5.74, 6) is 2.22. The predicted molar refractivity (Wildman–Crippen MR) is 101 cm³/mol. The Hall–Kier alpha value is -2.91. The fourth-order valence-electron chi connectivity index (χ4n) is 2.41. The molecule has 1 saturated heterocycles. The highest BCUT2D eigenvalue weighted by atomic mass is 32.1. The summed E-state index contributed by atoms with van der Waals surface area (Å²) in [5, 5.41) is 0.178. The highest BCUT2D eigenvalue weighted by Gasteiger charge is 2.35. The maximum atomic E-state index is 12.4. The van der Waals surface area contributed by atoms with E-state index >= 15 is 0 Å². The molecular weight excluding hydrogens is 336 g/mol. The molecule has 2 rings (SSSR count). The number of thiocarbonyl (C=S) groups is 1. The molecule has 0 atom stereocenters. The Kier molecular flexibility index (Phi) is 5.73. The van der Waals surface area contributed by atoms with Crippen LogP contribution in [0.25, 0.3) is 6.08 Å². The molecule has 1 aromatic rings. The van der Waals surface area contributed by atoms with Gasteiger partial charge in [-0.25, -0.2) is 0 Å². The summed E-state index contributed by atoms with van der Waals surface area (Å²) >= 11 is 5.07. The third kappa shape index (κ3) is 3.78. The Labute approximate surface area is 152 Å². The molecule has 1 fully saturated rings. The van der Waals surface area contributed by atoms with Gasteiger partial charge < -0.3 is 4.74 Å². The van der Waals surface area contributed by atoms with Gasteiger partial charge in [-0.3, -0.25) is 19.4 Å². The number of amides is 2. The van der Waals surface area contributed by atoms with E-state index in [9.17, 15) is 9.59 Å². The standard InChI is InChI=1S/C19H18N2O3S/c1-5-7-14-11-13(8-9-16(14)24-10-6-2)12-15-17(22)20(3)19(25)21(4)18(15)23/h2,5,8-9,11-12H,1,7,10H2,3-4H3. The average Bonchev–Trinajstić information content (AvgIpc) is 2.61. The summed E-state index contributed by atoms with van der Waals surface area (Å²) in [4.78, 5) is 27.3. The zero-order chi connectivity index (χ0) is 18.6. The summed E-state index contributed by atoms with van der Waals surface area (Å²) in [6.07, 6.45) is 9.09. The number of allylic oxidation sites excluding steroid dienone is 1. The molecule has 0 aliphatic carbocycles. The van der Waals surface area contributed by atoms with Crippen LogP contribution in [-0.2, 0) is 16.0 Å². The number of rotatable bonds is 5. The van der Waals surface area contributed by atoms with Crippen molar-refractivity contribution in [3.05, 3.63) is 47.6 Å². The number of benzene rings is 1. The molecule has 128 valence electrons. The highest BCUT2D eigenvalue weighted by Crippen LogP contribution is 2.24. The van der Waals surface area contributed by atoms with Crippen LogP contribution in [0.3, 0.4) is 0 Å². The molecule has 0 saturated carbocycles. The monoisotopic (exact) mass is 354 g/mol. The highest BCUT2D eigenvalue weighted by molar-refractivity contribution is 7.80. The SMILES string of the molecule is C#CCOc1ccc(C=C2C(=O)N(C)C(=S)N(C)C2=O)cc1CC=C. The van der Waals surface area contributed by atoms with Crippen LogP contribution in [0.4, 0.5) is 0 Å². The molecule has 5 nitrogen and oxygen atoms in total. The summed E-state index contributed by atoms with van der Waals surface area (Å²) in [6, 6.07) is 5.37. The molecule has 0 aromatic heterocycles. The van der Waals surface area contributed by atoms with Gasteiger partial charge in [0.2, 0.25) is 0 Å². The lowest BCUT2D eigenvalue weighted by Gasteiger charge is -2.31. The molecule has 1 aromatic carbocycles. The van der Waals surface area contributed by atoms with Gasteiger partial charge >= 0.3 is 0 Å². The van der Waals surface area contributed by atoms with Gasteiger partial charge in [0.05, 0.1) is 0 Å². The molecule has 0 bridgehead atoms. The molecular formula is C19H18N2O3S. The van der Waals surface area contributed by atoms with E-state index in [2.05, 4.69) is 12.5 Å². The van der Waals surface area contributed by atoms with Crippen molar-refractivity contribution >= 4 is 35.2 Å². The molecule has 25 heavy (non-hydrogen) atoms. The second kappa shape index (κ2) is 7.77. The van der Waals surface area contributed by atoms with Crippen molar-refractivity contribution in [2.45, 2.75) is 6.42 Å². The van der Waals surface area contributed by atoms with Crippen LogP contribution < -0.4 is 4.74 Å². The molecule has 0 N–H and O–H groups in total. The number of nitrogens with zero attached hydrogens (tertiary/aromatic N) is 2. The molecule has 1 aliphatic heterocycles. The molecule has 1 heterocycles. The van der Waals surface area contributed by atoms with E-state index in [1.165, 1.54) is 9.80 Å². The number of ether oxygens (including phenoxy) is 1. The largest absolute Gasteiger partial charge is 0.481 e.